The maximum absolute atomic E-state index is 13.7. The highest BCUT2D eigenvalue weighted by Gasteiger charge is 2.17. The first-order valence-electron chi connectivity index (χ1n) is 7.80. The molecule has 0 fully saturated rings. The van der Waals surface area contributed by atoms with E-state index in [-0.39, 0.29) is 17.1 Å². The third kappa shape index (κ3) is 4.03. The highest BCUT2D eigenvalue weighted by molar-refractivity contribution is 7.99. The van der Waals surface area contributed by atoms with Gasteiger partial charge in [0.05, 0.1) is 11.3 Å². The Morgan fingerprint density at radius 1 is 1.19 bits per heavy atom. The van der Waals surface area contributed by atoms with Gasteiger partial charge in [0.2, 0.25) is 0 Å². The van der Waals surface area contributed by atoms with E-state index in [1.165, 1.54) is 23.9 Å². The lowest BCUT2D eigenvalue weighted by molar-refractivity contribution is 0.101. The van der Waals surface area contributed by atoms with E-state index >= 15 is 0 Å². The first-order valence-corrected chi connectivity index (χ1v) is 9.17. The van der Waals surface area contributed by atoms with Crippen molar-refractivity contribution in [2.24, 2.45) is 0 Å². The van der Waals surface area contributed by atoms with Crippen LogP contribution in [0.15, 0.2) is 66.3 Å². The molecule has 3 aromatic rings. The smallest absolute Gasteiger partial charge is 0.192 e. The van der Waals surface area contributed by atoms with Gasteiger partial charge in [-0.3, -0.25) is 9.36 Å². The van der Waals surface area contributed by atoms with Crippen molar-refractivity contribution in [3.63, 3.8) is 0 Å². The fraction of sp³-hybridized carbons (Fsp3) is 0.105. The molecule has 0 aliphatic heterocycles. The molecule has 0 amide bonds. The lowest BCUT2D eigenvalue weighted by Gasteiger charge is -2.08. The Morgan fingerprint density at radius 2 is 1.92 bits per heavy atom. The zero-order chi connectivity index (χ0) is 18.5. The Bertz CT molecular complexity index is 940. The Hall–Kier alpha value is -2.44. The second-order valence-electron chi connectivity index (χ2n) is 5.40. The third-order valence-corrected chi connectivity index (χ3v) is 4.86. The van der Waals surface area contributed by atoms with E-state index in [1.54, 1.807) is 30.3 Å². The predicted octanol–water partition coefficient (Wildman–Crippen LogP) is 4.90. The molecule has 0 spiro atoms. The maximum atomic E-state index is 13.7. The van der Waals surface area contributed by atoms with Gasteiger partial charge in [0.1, 0.15) is 5.82 Å². The molecule has 1 heterocycles. The van der Waals surface area contributed by atoms with E-state index < -0.39 is 5.82 Å². The molecule has 0 N–H and O–H groups in total. The number of benzene rings is 2. The van der Waals surface area contributed by atoms with Gasteiger partial charge in [-0.1, -0.05) is 41.6 Å². The van der Waals surface area contributed by atoms with Crippen LogP contribution in [0.25, 0.3) is 11.4 Å². The van der Waals surface area contributed by atoms with Gasteiger partial charge in [0.15, 0.2) is 16.8 Å². The number of nitrogens with zero attached hydrogens (tertiary/aromatic N) is 3. The first-order chi connectivity index (χ1) is 12.6. The average molecular weight is 388 g/mol. The Labute approximate surface area is 159 Å². The summed E-state index contributed by atoms with van der Waals surface area (Å²) in [5, 5.41) is 9.59. The van der Waals surface area contributed by atoms with Crippen molar-refractivity contribution in [2.45, 2.75) is 11.7 Å². The zero-order valence-corrected chi connectivity index (χ0v) is 15.3. The SMILES string of the molecule is C=CCn1c(SCC(=O)c2ccccc2F)nnc1-c1ccc(Cl)cc1. The van der Waals surface area contributed by atoms with E-state index in [4.69, 9.17) is 11.6 Å². The molecule has 132 valence electrons. The second kappa shape index (κ2) is 8.29. The van der Waals surface area contributed by atoms with Crippen LogP contribution in [-0.2, 0) is 6.54 Å². The van der Waals surface area contributed by atoms with Crippen molar-refractivity contribution in [3.05, 3.63) is 77.6 Å². The summed E-state index contributed by atoms with van der Waals surface area (Å²) < 4.78 is 15.6. The van der Waals surface area contributed by atoms with E-state index in [0.29, 0.717) is 22.5 Å². The minimum absolute atomic E-state index is 0.0663. The zero-order valence-electron chi connectivity index (χ0n) is 13.7. The van der Waals surface area contributed by atoms with Gasteiger partial charge in [-0.05, 0) is 36.4 Å². The molecule has 0 atom stereocenters. The van der Waals surface area contributed by atoms with Crippen LogP contribution < -0.4 is 0 Å². The van der Waals surface area contributed by atoms with E-state index in [2.05, 4.69) is 16.8 Å². The number of halogens is 2. The number of thioether (sulfide) groups is 1. The van der Waals surface area contributed by atoms with Crippen LogP contribution in [-0.4, -0.2) is 26.3 Å². The number of hydrogen-bond donors (Lipinski definition) is 0. The first kappa shape index (κ1) is 18.4. The predicted molar refractivity (Wildman–Crippen MR) is 102 cm³/mol. The summed E-state index contributed by atoms with van der Waals surface area (Å²) in [6, 6.07) is 13.2. The highest BCUT2D eigenvalue weighted by atomic mass is 35.5. The van der Waals surface area contributed by atoms with Crippen molar-refractivity contribution in [1.82, 2.24) is 14.8 Å². The third-order valence-electron chi connectivity index (χ3n) is 3.64. The van der Waals surface area contributed by atoms with Crippen molar-refractivity contribution < 1.29 is 9.18 Å². The summed E-state index contributed by atoms with van der Waals surface area (Å²) in [5.41, 5.74) is 0.934. The van der Waals surface area contributed by atoms with Crippen LogP contribution in [0.5, 0.6) is 0 Å². The van der Waals surface area contributed by atoms with Crippen molar-refractivity contribution in [2.75, 3.05) is 5.75 Å². The quantitative estimate of drug-likeness (QED) is 0.328. The minimum Gasteiger partial charge on any atom is -0.298 e. The van der Waals surface area contributed by atoms with Crippen molar-refractivity contribution in [3.8, 4) is 11.4 Å². The number of Topliss-reactive ketones (excluding diaryl/α,β-unsaturated/α-hetero) is 1. The van der Waals surface area contributed by atoms with Crippen LogP contribution in [0.2, 0.25) is 5.02 Å². The van der Waals surface area contributed by atoms with Gasteiger partial charge in [0, 0.05) is 17.1 Å². The Kier molecular flexibility index (Phi) is 5.85. The molecule has 3 rings (SSSR count). The van der Waals surface area contributed by atoms with E-state index in [9.17, 15) is 9.18 Å². The molecule has 26 heavy (non-hydrogen) atoms. The van der Waals surface area contributed by atoms with Crippen LogP contribution in [0, 0.1) is 5.82 Å². The largest absolute Gasteiger partial charge is 0.298 e. The molecule has 1 aromatic heterocycles. The molecule has 0 saturated heterocycles. The van der Waals surface area contributed by atoms with Gasteiger partial charge < -0.3 is 0 Å². The van der Waals surface area contributed by atoms with Crippen molar-refractivity contribution in [1.29, 1.82) is 0 Å². The molecule has 0 aliphatic carbocycles. The summed E-state index contributed by atoms with van der Waals surface area (Å²) in [7, 11) is 0. The number of allylic oxidation sites excluding steroid dienone is 1. The van der Waals surface area contributed by atoms with E-state index in [1.807, 2.05) is 16.7 Å². The standard InChI is InChI=1S/C19H15ClFN3OS/c1-2-11-24-18(13-7-9-14(20)10-8-13)22-23-19(24)26-12-17(25)15-5-3-4-6-16(15)21/h2-10H,1,11-12H2. The van der Waals surface area contributed by atoms with Gasteiger partial charge >= 0.3 is 0 Å². The molecular weight excluding hydrogens is 373 g/mol. The summed E-state index contributed by atoms with van der Waals surface area (Å²) in [6.45, 7) is 4.24. The molecule has 0 saturated carbocycles. The van der Waals surface area contributed by atoms with Crippen molar-refractivity contribution >= 4 is 29.1 Å². The van der Waals surface area contributed by atoms with Crippen LogP contribution >= 0.6 is 23.4 Å². The Morgan fingerprint density at radius 3 is 2.62 bits per heavy atom. The number of carbonyl (C=O) groups is 1. The van der Waals surface area contributed by atoms with Gasteiger partial charge in [-0.2, -0.15) is 0 Å². The summed E-state index contributed by atoms with van der Waals surface area (Å²) in [5.74, 6) is -0.0965. The van der Waals surface area contributed by atoms with Crippen LogP contribution in [0.4, 0.5) is 4.39 Å². The van der Waals surface area contributed by atoms with Gasteiger partial charge in [-0.15, -0.1) is 16.8 Å². The van der Waals surface area contributed by atoms with E-state index in [0.717, 1.165) is 5.56 Å². The molecule has 0 aliphatic rings. The number of rotatable bonds is 7. The number of carbonyl (C=O) groups excluding carboxylic acids is 1. The van der Waals surface area contributed by atoms with Gasteiger partial charge in [-0.25, -0.2) is 4.39 Å². The summed E-state index contributed by atoms with van der Waals surface area (Å²) in [6.07, 6.45) is 1.73. The molecule has 2 aromatic carbocycles. The molecule has 0 radical (unpaired) electrons. The highest BCUT2D eigenvalue weighted by Crippen LogP contribution is 2.26. The summed E-state index contributed by atoms with van der Waals surface area (Å²) >= 11 is 7.15. The van der Waals surface area contributed by atoms with Crippen LogP contribution in [0.3, 0.4) is 0 Å². The number of ketones is 1. The lowest BCUT2D eigenvalue weighted by atomic mass is 10.1. The molecule has 7 heteroatoms. The fourth-order valence-corrected chi connectivity index (χ4v) is 3.35. The molecule has 4 nitrogen and oxygen atoms in total. The number of aromatic nitrogens is 3. The number of hydrogen-bond acceptors (Lipinski definition) is 4. The molecule has 0 bridgehead atoms. The van der Waals surface area contributed by atoms with Gasteiger partial charge in [0.25, 0.3) is 0 Å². The maximum Gasteiger partial charge on any atom is 0.192 e. The Balaban J connectivity index is 1.82. The topological polar surface area (TPSA) is 47.8 Å². The lowest BCUT2D eigenvalue weighted by Crippen LogP contribution is -2.07. The molecule has 0 unspecified atom stereocenters. The fourth-order valence-electron chi connectivity index (χ4n) is 2.40. The monoisotopic (exact) mass is 387 g/mol. The minimum atomic E-state index is -0.521. The normalized spacial score (nSPS) is 10.7. The average Bonchev–Trinajstić information content (AvgIpc) is 3.04. The second-order valence-corrected chi connectivity index (χ2v) is 6.78. The van der Waals surface area contributed by atoms with Crippen LogP contribution in [0.1, 0.15) is 10.4 Å². The summed E-state index contributed by atoms with van der Waals surface area (Å²) in [4.78, 5) is 12.3. The molecular formula is C19H15ClFN3OS.